The van der Waals surface area contributed by atoms with Gasteiger partial charge in [0.15, 0.2) is 0 Å². The number of ether oxygens (including phenoxy) is 1. The van der Waals surface area contributed by atoms with Crippen molar-refractivity contribution in [2.45, 2.75) is 84.0 Å². The van der Waals surface area contributed by atoms with E-state index in [2.05, 4.69) is 20.2 Å². The normalized spacial score (nSPS) is 19.1. The highest BCUT2D eigenvalue weighted by atomic mass is 16.6. The summed E-state index contributed by atoms with van der Waals surface area (Å²) in [5.41, 5.74) is 1.28. The molecule has 1 atom stereocenters. The lowest BCUT2D eigenvalue weighted by Crippen LogP contribution is -2.64. The number of carbonyl (C=O) groups is 3. The summed E-state index contributed by atoms with van der Waals surface area (Å²) < 4.78 is 7.60. The summed E-state index contributed by atoms with van der Waals surface area (Å²) in [6.45, 7) is 8.97. The van der Waals surface area contributed by atoms with Crippen LogP contribution in [0.15, 0.2) is 24.3 Å². The van der Waals surface area contributed by atoms with Crippen LogP contribution >= 0.6 is 0 Å². The van der Waals surface area contributed by atoms with Gasteiger partial charge in [0, 0.05) is 32.2 Å². The first-order valence-electron chi connectivity index (χ1n) is 13.4. The van der Waals surface area contributed by atoms with Crippen LogP contribution in [0.1, 0.15) is 58.7 Å². The van der Waals surface area contributed by atoms with Crippen LogP contribution in [-0.4, -0.2) is 81.2 Å². The smallest absolute Gasteiger partial charge is 0.410 e. The molecule has 1 saturated carbocycles. The van der Waals surface area contributed by atoms with Crippen LogP contribution in [0.4, 0.5) is 9.59 Å². The number of aromatic nitrogens is 2. The molecule has 37 heavy (non-hydrogen) atoms. The molecule has 1 saturated heterocycles. The largest absolute Gasteiger partial charge is 0.444 e. The van der Waals surface area contributed by atoms with E-state index < -0.39 is 17.7 Å². The highest BCUT2D eigenvalue weighted by Crippen LogP contribution is 2.20. The minimum atomic E-state index is -0.800. The number of nitrogens with zero attached hydrogens (tertiary/aromatic N) is 4. The first-order chi connectivity index (χ1) is 17.6. The third-order valence-electron chi connectivity index (χ3n) is 7.01. The van der Waals surface area contributed by atoms with Gasteiger partial charge in [-0.05, 0) is 52.7 Å². The van der Waals surface area contributed by atoms with Crippen LogP contribution < -0.4 is 10.6 Å². The summed E-state index contributed by atoms with van der Waals surface area (Å²) in [4.78, 5) is 47.0. The van der Waals surface area contributed by atoms with Crippen molar-refractivity contribution < 1.29 is 19.1 Å². The van der Waals surface area contributed by atoms with Crippen molar-refractivity contribution in [2.75, 3.05) is 26.2 Å². The van der Waals surface area contributed by atoms with Crippen LogP contribution in [0.25, 0.3) is 11.0 Å². The SMILES string of the molecule is Cc1nc2ccccc2n1CCNC(=O)[C@H]1CN(C(=O)OC(C)(C)C)CCN1C(=O)NC1CCCCC1. The number of amides is 4. The van der Waals surface area contributed by atoms with Crippen molar-refractivity contribution in [1.29, 1.82) is 0 Å². The molecule has 0 radical (unpaired) electrons. The molecule has 1 aliphatic carbocycles. The standard InChI is InChI=1S/C27H40N6O4/c1-19-29-21-12-8-9-13-22(21)32(19)15-14-28-24(34)23-18-31(26(36)37-27(2,3)4)16-17-33(23)25(35)30-20-10-6-5-7-11-20/h8-9,12-13,20,23H,5-7,10-11,14-18H2,1-4H3,(H,28,34)(H,30,35)/t23-/m1/s1. The molecule has 0 bridgehead atoms. The van der Waals surface area contributed by atoms with Gasteiger partial charge >= 0.3 is 12.1 Å². The average Bonchev–Trinajstić information content (AvgIpc) is 3.18. The Labute approximate surface area is 218 Å². The van der Waals surface area contributed by atoms with Crippen LogP contribution in [-0.2, 0) is 16.1 Å². The number of piperazine rings is 1. The summed E-state index contributed by atoms with van der Waals surface area (Å²) in [5.74, 6) is 0.590. The number of hydrogen-bond donors (Lipinski definition) is 2. The average molecular weight is 513 g/mol. The molecule has 0 spiro atoms. The van der Waals surface area contributed by atoms with Crippen molar-refractivity contribution in [3.8, 4) is 0 Å². The molecule has 4 amide bonds. The summed E-state index contributed by atoms with van der Waals surface area (Å²) in [7, 11) is 0. The fourth-order valence-electron chi connectivity index (χ4n) is 5.13. The number of urea groups is 1. The van der Waals surface area contributed by atoms with Gasteiger partial charge in [0.1, 0.15) is 17.5 Å². The number of imidazole rings is 1. The van der Waals surface area contributed by atoms with Crippen molar-refractivity contribution in [3.05, 3.63) is 30.1 Å². The summed E-state index contributed by atoms with van der Waals surface area (Å²) in [5, 5.41) is 6.11. The molecule has 4 rings (SSSR count). The van der Waals surface area contributed by atoms with E-state index in [4.69, 9.17) is 4.74 Å². The molecule has 0 unspecified atom stereocenters. The number of aryl methyl sites for hydroxylation is 1. The minimum absolute atomic E-state index is 0.0892. The van der Waals surface area contributed by atoms with Gasteiger partial charge in [0.05, 0.1) is 17.6 Å². The van der Waals surface area contributed by atoms with Crippen molar-refractivity contribution in [3.63, 3.8) is 0 Å². The first kappa shape index (κ1) is 26.8. The molecule has 2 N–H and O–H groups in total. The predicted molar refractivity (Wildman–Crippen MR) is 141 cm³/mol. The molecule has 1 aromatic heterocycles. The van der Waals surface area contributed by atoms with Crippen LogP contribution in [0.5, 0.6) is 0 Å². The van der Waals surface area contributed by atoms with Gasteiger partial charge in [-0.3, -0.25) is 4.79 Å². The lowest BCUT2D eigenvalue weighted by Gasteiger charge is -2.41. The highest BCUT2D eigenvalue weighted by molar-refractivity contribution is 5.88. The zero-order valence-corrected chi connectivity index (χ0v) is 22.5. The monoisotopic (exact) mass is 512 g/mol. The number of carbonyl (C=O) groups excluding carboxylic acids is 3. The number of benzene rings is 1. The maximum absolute atomic E-state index is 13.4. The molecular formula is C27H40N6O4. The van der Waals surface area contributed by atoms with Gasteiger partial charge in [0.2, 0.25) is 5.91 Å². The Bertz CT molecular complexity index is 1120. The Hall–Kier alpha value is -3.30. The highest BCUT2D eigenvalue weighted by Gasteiger charge is 2.38. The molecule has 2 aliphatic rings. The lowest BCUT2D eigenvalue weighted by molar-refractivity contribution is -0.127. The Kier molecular flexibility index (Phi) is 8.24. The van der Waals surface area contributed by atoms with Gasteiger partial charge in [0.25, 0.3) is 0 Å². The van der Waals surface area contributed by atoms with Gasteiger partial charge in [-0.15, -0.1) is 0 Å². The van der Waals surface area contributed by atoms with E-state index in [-0.39, 0.29) is 31.1 Å². The van der Waals surface area contributed by atoms with Gasteiger partial charge in [-0.1, -0.05) is 31.4 Å². The van der Waals surface area contributed by atoms with Crippen LogP contribution in [0.3, 0.4) is 0 Å². The number of rotatable bonds is 5. The van der Waals surface area contributed by atoms with Gasteiger partial charge < -0.3 is 29.7 Å². The molecular weight excluding hydrogens is 472 g/mol. The second kappa shape index (κ2) is 11.4. The van der Waals surface area contributed by atoms with E-state index in [1.807, 2.05) is 52.0 Å². The Morgan fingerprint density at radius 1 is 1.08 bits per heavy atom. The molecule has 2 heterocycles. The second-order valence-corrected chi connectivity index (χ2v) is 11.0. The molecule has 2 fully saturated rings. The molecule has 10 nitrogen and oxygen atoms in total. The van der Waals surface area contributed by atoms with Crippen molar-refractivity contribution in [1.82, 2.24) is 30.0 Å². The number of fused-ring (bicyclic) bond motifs is 1. The third kappa shape index (κ3) is 6.72. The lowest BCUT2D eigenvalue weighted by atomic mass is 9.95. The number of nitrogens with one attached hydrogen (secondary N) is 2. The van der Waals surface area contributed by atoms with Crippen molar-refractivity contribution in [2.24, 2.45) is 0 Å². The summed E-state index contributed by atoms with van der Waals surface area (Å²) in [6, 6.07) is 6.98. The fourth-order valence-corrected chi connectivity index (χ4v) is 5.13. The maximum Gasteiger partial charge on any atom is 0.410 e. The molecule has 202 valence electrons. The summed E-state index contributed by atoms with van der Waals surface area (Å²) in [6.07, 6.45) is 4.83. The predicted octanol–water partition coefficient (Wildman–Crippen LogP) is 3.42. The zero-order chi connectivity index (χ0) is 26.6. The second-order valence-electron chi connectivity index (χ2n) is 11.0. The Balaban J connectivity index is 1.43. The Morgan fingerprint density at radius 2 is 1.81 bits per heavy atom. The molecule has 2 aromatic rings. The summed E-state index contributed by atoms with van der Waals surface area (Å²) >= 11 is 0. The number of hydrogen-bond acceptors (Lipinski definition) is 5. The quantitative estimate of drug-likeness (QED) is 0.638. The van der Waals surface area contributed by atoms with Crippen LogP contribution in [0, 0.1) is 6.92 Å². The van der Waals surface area contributed by atoms with Gasteiger partial charge in [-0.2, -0.15) is 0 Å². The molecule has 10 heteroatoms. The van der Waals surface area contributed by atoms with E-state index in [9.17, 15) is 14.4 Å². The van der Waals surface area contributed by atoms with Crippen LogP contribution in [0.2, 0.25) is 0 Å². The first-order valence-corrected chi connectivity index (χ1v) is 13.4. The topological polar surface area (TPSA) is 109 Å². The number of para-hydroxylation sites is 2. The third-order valence-corrected chi connectivity index (χ3v) is 7.01. The fraction of sp³-hybridized carbons (Fsp3) is 0.630. The van der Waals surface area contributed by atoms with E-state index in [1.54, 1.807) is 4.90 Å². The van der Waals surface area contributed by atoms with Gasteiger partial charge in [-0.25, -0.2) is 14.6 Å². The van der Waals surface area contributed by atoms with E-state index in [1.165, 1.54) is 11.3 Å². The molecule has 1 aliphatic heterocycles. The zero-order valence-electron chi connectivity index (χ0n) is 22.5. The van der Waals surface area contributed by atoms with Crippen molar-refractivity contribution >= 4 is 29.1 Å². The maximum atomic E-state index is 13.4. The van der Waals surface area contributed by atoms with E-state index in [0.717, 1.165) is 42.5 Å². The Morgan fingerprint density at radius 3 is 2.54 bits per heavy atom. The minimum Gasteiger partial charge on any atom is -0.444 e. The molecule has 1 aromatic carbocycles. The van der Waals surface area contributed by atoms with E-state index >= 15 is 0 Å². The van der Waals surface area contributed by atoms with E-state index in [0.29, 0.717) is 19.6 Å².